The molecule has 23 heavy (non-hydrogen) atoms. The van der Waals surface area contributed by atoms with Gasteiger partial charge in [0.15, 0.2) is 10.9 Å². The molecule has 0 saturated heterocycles. The first-order valence-electron chi connectivity index (χ1n) is 8.08. The summed E-state index contributed by atoms with van der Waals surface area (Å²) in [6.07, 6.45) is 4.20. The Kier molecular flexibility index (Phi) is 4.71. The number of nitrogens with zero attached hydrogens (tertiary/aromatic N) is 2. The molecule has 0 spiro atoms. The summed E-state index contributed by atoms with van der Waals surface area (Å²) in [5.41, 5.74) is 3.21. The molecule has 1 aliphatic carbocycles. The van der Waals surface area contributed by atoms with E-state index in [4.69, 9.17) is 0 Å². The number of carbonyl (C=O) groups is 1. The van der Waals surface area contributed by atoms with Crippen LogP contribution in [0.4, 0.5) is 0 Å². The number of nitrogens with one attached hydrogen (secondary N) is 1. The monoisotopic (exact) mass is 331 g/mol. The fourth-order valence-electron chi connectivity index (χ4n) is 2.99. The standard InChI is InChI=1S/C17H21N3O2S/c1-3-9-20-16(22)18-19-17(20)23-11(2)15(21)14-8-7-12-5-4-6-13(12)10-14/h7-8,10-11H,3-6,9H2,1-2H3,(H,18,22)/t11-/m0/s1. The average molecular weight is 331 g/mol. The number of ketones is 1. The second-order valence-corrected chi connectivity index (χ2v) is 7.23. The molecular weight excluding hydrogens is 310 g/mol. The third-order valence-corrected chi connectivity index (χ3v) is 5.30. The van der Waals surface area contributed by atoms with Gasteiger partial charge in [0, 0.05) is 12.1 Å². The Morgan fingerprint density at radius 3 is 2.96 bits per heavy atom. The second-order valence-electron chi connectivity index (χ2n) is 5.92. The van der Waals surface area contributed by atoms with Gasteiger partial charge in [0.05, 0.1) is 5.25 Å². The summed E-state index contributed by atoms with van der Waals surface area (Å²) in [6, 6.07) is 6.03. The average Bonchev–Trinajstić information content (AvgIpc) is 3.15. The minimum Gasteiger partial charge on any atom is -0.293 e. The normalized spacial score (nSPS) is 14.7. The van der Waals surface area contributed by atoms with Crippen molar-refractivity contribution in [3.63, 3.8) is 0 Å². The van der Waals surface area contributed by atoms with Crippen molar-refractivity contribution in [2.24, 2.45) is 0 Å². The molecule has 0 radical (unpaired) electrons. The second kappa shape index (κ2) is 6.74. The van der Waals surface area contributed by atoms with Crippen LogP contribution in [0.25, 0.3) is 0 Å². The topological polar surface area (TPSA) is 67.8 Å². The molecule has 1 aromatic carbocycles. The minimum absolute atomic E-state index is 0.0863. The van der Waals surface area contributed by atoms with Gasteiger partial charge in [-0.05, 0) is 49.8 Å². The number of fused-ring (bicyclic) bond motifs is 1. The van der Waals surface area contributed by atoms with Crippen molar-refractivity contribution in [2.45, 2.75) is 56.5 Å². The van der Waals surface area contributed by atoms with Crippen molar-refractivity contribution in [3.05, 3.63) is 45.4 Å². The number of aromatic amines is 1. The molecule has 5 nitrogen and oxygen atoms in total. The molecule has 122 valence electrons. The van der Waals surface area contributed by atoms with Crippen LogP contribution in [0.1, 0.15) is 48.2 Å². The van der Waals surface area contributed by atoms with Gasteiger partial charge in [-0.25, -0.2) is 9.89 Å². The summed E-state index contributed by atoms with van der Waals surface area (Å²) in [7, 11) is 0. The van der Waals surface area contributed by atoms with Gasteiger partial charge < -0.3 is 0 Å². The van der Waals surface area contributed by atoms with Crippen LogP contribution in [0.2, 0.25) is 0 Å². The lowest BCUT2D eigenvalue weighted by molar-refractivity contribution is 0.0993. The molecule has 0 aliphatic heterocycles. The van der Waals surface area contributed by atoms with Gasteiger partial charge in [-0.3, -0.25) is 9.36 Å². The molecule has 2 aromatic rings. The Morgan fingerprint density at radius 2 is 2.17 bits per heavy atom. The molecule has 1 heterocycles. The third-order valence-electron chi connectivity index (χ3n) is 4.20. The number of hydrogen-bond acceptors (Lipinski definition) is 4. The summed E-state index contributed by atoms with van der Waals surface area (Å²) in [6.45, 7) is 4.49. The first-order chi connectivity index (χ1) is 11.1. The Labute approximate surface area is 139 Å². The van der Waals surface area contributed by atoms with Gasteiger partial charge in [-0.1, -0.05) is 30.8 Å². The molecule has 6 heteroatoms. The number of aromatic nitrogens is 3. The highest BCUT2D eigenvalue weighted by atomic mass is 32.2. The lowest BCUT2D eigenvalue weighted by Gasteiger charge is -2.11. The zero-order chi connectivity index (χ0) is 16.4. The number of carbonyl (C=O) groups excluding carboxylic acids is 1. The number of benzene rings is 1. The van der Waals surface area contributed by atoms with Crippen LogP contribution in [0.5, 0.6) is 0 Å². The maximum absolute atomic E-state index is 12.7. The molecule has 0 bridgehead atoms. The Morgan fingerprint density at radius 1 is 1.39 bits per heavy atom. The van der Waals surface area contributed by atoms with Gasteiger partial charge in [0.1, 0.15) is 0 Å². The van der Waals surface area contributed by atoms with E-state index in [-0.39, 0.29) is 16.7 Å². The van der Waals surface area contributed by atoms with Crippen LogP contribution in [0, 0.1) is 0 Å². The first kappa shape index (κ1) is 16.1. The number of Topliss-reactive ketones (excluding diaryl/α,β-unsaturated/α-hetero) is 1. The summed E-state index contributed by atoms with van der Waals surface area (Å²) in [5.74, 6) is 0.0863. The fourth-order valence-corrected chi connectivity index (χ4v) is 3.94. The van der Waals surface area contributed by atoms with Gasteiger partial charge in [-0.2, -0.15) is 0 Å². The highest BCUT2D eigenvalue weighted by Gasteiger charge is 2.21. The summed E-state index contributed by atoms with van der Waals surface area (Å²) in [4.78, 5) is 24.4. The van der Waals surface area contributed by atoms with Gasteiger partial charge in [0.2, 0.25) is 0 Å². The number of rotatable bonds is 6. The van der Waals surface area contributed by atoms with Gasteiger partial charge >= 0.3 is 5.69 Å². The van der Waals surface area contributed by atoms with Crippen LogP contribution in [-0.2, 0) is 19.4 Å². The third kappa shape index (κ3) is 3.27. The maximum Gasteiger partial charge on any atom is 0.343 e. The highest BCUT2D eigenvalue weighted by Crippen LogP contribution is 2.27. The van der Waals surface area contributed by atoms with Crippen LogP contribution in [0.3, 0.4) is 0 Å². The smallest absolute Gasteiger partial charge is 0.293 e. The van der Waals surface area contributed by atoms with Crippen LogP contribution >= 0.6 is 11.8 Å². The van der Waals surface area contributed by atoms with E-state index in [0.717, 1.165) is 24.8 Å². The van der Waals surface area contributed by atoms with Crippen molar-refractivity contribution in [3.8, 4) is 0 Å². The fraction of sp³-hybridized carbons (Fsp3) is 0.471. The summed E-state index contributed by atoms with van der Waals surface area (Å²) < 4.78 is 1.59. The molecule has 1 aromatic heterocycles. The zero-order valence-electron chi connectivity index (χ0n) is 13.5. The highest BCUT2D eigenvalue weighted by molar-refractivity contribution is 8.00. The Bertz CT molecular complexity index is 778. The van der Waals surface area contributed by atoms with Crippen molar-refractivity contribution in [2.75, 3.05) is 0 Å². The van der Waals surface area contributed by atoms with Crippen LogP contribution < -0.4 is 5.69 Å². The number of hydrogen-bond donors (Lipinski definition) is 1. The molecule has 0 fully saturated rings. The number of H-pyrrole nitrogens is 1. The van der Waals surface area contributed by atoms with Crippen molar-refractivity contribution < 1.29 is 4.79 Å². The quantitative estimate of drug-likeness (QED) is 0.653. The molecule has 1 N–H and O–H groups in total. The van der Waals surface area contributed by atoms with E-state index < -0.39 is 0 Å². The van der Waals surface area contributed by atoms with E-state index in [0.29, 0.717) is 11.7 Å². The van der Waals surface area contributed by atoms with Crippen LogP contribution in [0.15, 0.2) is 28.2 Å². The first-order valence-corrected chi connectivity index (χ1v) is 8.96. The van der Waals surface area contributed by atoms with Crippen molar-refractivity contribution in [1.29, 1.82) is 0 Å². The molecule has 1 atom stereocenters. The SMILES string of the molecule is CCCn1c(S[C@@H](C)C(=O)c2ccc3c(c2)CCC3)n[nH]c1=O. The maximum atomic E-state index is 12.7. The van der Waals surface area contributed by atoms with E-state index >= 15 is 0 Å². The Balaban J connectivity index is 1.77. The molecule has 3 rings (SSSR count). The number of aryl methyl sites for hydroxylation is 2. The van der Waals surface area contributed by atoms with E-state index in [9.17, 15) is 9.59 Å². The predicted octanol–water partition coefficient (Wildman–Crippen LogP) is 2.83. The summed E-state index contributed by atoms with van der Waals surface area (Å²) in [5, 5.41) is 6.81. The van der Waals surface area contributed by atoms with Crippen LogP contribution in [-0.4, -0.2) is 25.8 Å². The summed E-state index contributed by atoms with van der Waals surface area (Å²) >= 11 is 1.34. The van der Waals surface area contributed by atoms with E-state index in [1.54, 1.807) is 4.57 Å². The zero-order valence-corrected chi connectivity index (χ0v) is 14.3. The van der Waals surface area contributed by atoms with Gasteiger partial charge in [0.25, 0.3) is 0 Å². The molecule has 0 unspecified atom stereocenters. The van der Waals surface area contributed by atoms with E-state index in [2.05, 4.69) is 16.3 Å². The van der Waals surface area contributed by atoms with Crippen molar-refractivity contribution >= 4 is 17.5 Å². The largest absolute Gasteiger partial charge is 0.343 e. The molecular formula is C17H21N3O2S. The van der Waals surface area contributed by atoms with E-state index in [1.165, 1.54) is 29.3 Å². The van der Waals surface area contributed by atoms with E-state index in [1.807, 2.05) is 26.0 Å². The molecule has 0 amide bonds. The van der Waals surface area contributed by atoms with Crippen molar-refractivity contribution in [1.82, 2.24) is 14.8 Å². The lowest BCUT2D eigenvalue weighted by atomic mass is 10.0. The predicted molar refractivity (Wildman–Crippen MR) is 91.3 cm³/mol. The molecule has 0 saturated carbocycles. The Hall–Kier alpha value is -1.82. The van der Waals surface area contributed by atoms with Gasteiger partial charge in [-0.15, -0.1) is 5.10 Å². The molecule has 1 aliphatic rings. The number of thioether (sulfide) groups is 1. The lowest BCUT2D eigenvalue weighted by Crippen LogP contribution is -2.19. The minimum atomic E-state index is -0.278.